The third kappa shape index (κ3) is 8.81. The van der Waals surface area contributed by atoms with Crippen LogP contribution in [0, 0.1) is 5.41 Å². The molecule has 13 heteroatoms. The summed E-state index contributed by atoms with van der Waals surface area (Å²) in [5.74, 6) is -0.344. The van der Waals surface area contributed by atoms with Gasteiger partial charge in [0.1, 0.15) is 37.8 Å². The molecule has 5 atom stereocenters. The Kier molecular flexibility index (Phi) is 11.0. The van der Waals surface area contributed by atoms with Gasteiger partial charge in [-0.2, -0.15) is 0 Å². The molecule has 3 aromatic rings. The molecule has 49 heavy (non-hydrogen) atoms. The van der Waals surface area contributed by atoms with E-state index >= 15 is 0 Å². The molecule has 262 valence electrons. The molecule has 1 aliphatic carbocycles. The predicted octanol–water partition coefficient (Wildman–Crippen LogP) is 6.41. The van der Waals surface area contributed by atoms with E-state index in [1.807, 2.05) is 36.4 Å². The fourth-order valence-electron chi connectivity index (χ4n) is 5.86. The molecule has 2 aliphatic rings. The maximum atomic E-state index is 13.8. The lowest BCUT2D eigenvalue weighted by atomic mass is 9.97. The second kappa shape index (κ2) is 15.0. The van der Waals surface area contributed by atoms with E-state index in [2.05, 4.69) is 22.8 Å². The summed E-state index contributed by atoms with van der Waals surface area (Å²) >= 11 is 0. The van der Waals surface area contributed by atoms with Crippen LogP contribution >= 0.6 is 7.60 Å². The van der Waals surface area contributed by atoms with Crippen molar-refractivity contribution in [1.82, 2.24) is 10.6 Å². The largest absolute Gasteiger partial charge is 0.462 e. The molecular weight excluding hydrogens is 651 g/mol. The van der Waals surface area contributed by atoms with Crippen molar-refractivity contribution in [2.24, 2.45) is 5.41 Å². The number of carbonyl (C=O) groups excluding carboxylic acids is 3. The molecule has 1 heterocycles. The summed E-state index contributed by atoms with van der Waals surface area (Å²) in [5, 5.41) is 5.22. The number of hydrogen-bond acceptors (Lipinski definition) is 10. The zero-order chi connectivity index (χ0) is 35.3. The van der Waals surface area contributed by atoms with Crippen LogP contribution in [0.5, 0.6) is 5.75 Å². The number of nitrogens with one attached hydrogen (secondary N) is 2. The van der Waals surface area contributed by atoms with Crippen molar-refractivity contribution in [2.75, 3.05) is 26.9 Å². The van der Waals surface area contributed by atoms with Gasteiger partial charge in [-0.05, 0) is 67.6 Å². The van der Waals surface area contributed by atoms with Gasteiger partial charge in [-0.25, -0.2) is 14.2 Å². The first-order valence-electron chi connectivity index (χ1n) is 16.1. The molecule has 0 saturated carbocycles. The monoisotopic (exact) mass is 694 g/mol. The Hall–Kier alpha value is -4.38. The van der Waals surface area contributed by atoms with Gasteiger partial charge in [-0.15, -0.1) is 0 Å². The van der Waals surface area contributed by atoms with Crippen LogP contribution < -0.4 is 15.2 Å². The van der Waals surface area contributed by atoms with E-state index in [-0.39, 0.29) is 31.5 Å². The fraction of sp³-hybridized carbons (Fsp3) is 0.417. The van der Waals surface area contributed by atoms with E-state index in [1.165, 1.54) is 13.7 Å². The molecule has 0 spiro atoms. The van der Waals surface area contributed by atoms with E-state index in [0.29, 0.717) is 5.56 Å². The van der Waals surface area contributed by atoms with Crippen molar-refractivity contribution in [3.05, 3.63) is 89.5 Å². The predicted molar refractivity (Wildman–Crippen MR) is 181 cm³/mol. The fourth-order valence-corrected chi connectivity index (χ4v) is 7.11. The van der Waals surface area contributed by atoms with Crippen LogP contribution in [0.4, 0.5) is 9.59 Å². The lowest BCUT2D eigenvalue weighted by Crippen LogP contribution is -2.49. The normalized spacial score (nSPS) is 21.1. The zero-order valence-electron chi connectivity index (χ0n) is 28.5. The van der Waals surface area contributed by atoms with Crippen molar-refractivity contribution in [2.45, 2.75) is 64.6 Å². The van der Waals surface area contributed by atoms with E-state index in [4.69, 9.17) is 28.0 Å². The van der Waals surface area contributed by atoms with E-state index in [9.17, 15) is 18.9 Å². The zero-order valence-corrected chi connectivity index (χ0v) is 29.4. The van der Waals surface area contributed by atoms with Crippen LogP contribution in [0.2, 0.25) is 0 Å². The minimum atomic E-state index is -3.85. The lowest BCUT2D eigenvalue weighted by Gasteiger charge is -2.28. The number of esters is 1. The van der Waals surface area contributed by atoms with Crippen LogP contribution in [0.25, 0.3) is 11.1 Å². The van der Waals surface area contributed by atoms with Gasteiger partial charge in [0.05, 0.1) is 17.6 Å². The minimum Gasteiger partial charge on any atom is -0.462 e. The topological polar surface area (TPSA) is 148 Å². The number of hydrogen-bond donors (Lipinski definition) is 2. The van der Waals surface area contributed by atoms with Crippen molar-refractivity contribution in [3.8, 4) is 16.9 Å². The van der Waals surface area contributed by atoms with Gasteiger partial charge in [0, 0.05) is 19.6 Å². The smallest absolute Gasteiger partial charge is 0.407 e. The highest BCUT2D eigenvalue weighted by Gasteiger charge is 2.48. The summed E-state index contributed by atoms with van der Waals surface area (Å²) in [4.78, 5) is 37.3. The Morgan fingerprint density at radius 1 is 0.837 bits per heavy atom. The van der Waals surface area contributed by atoms with Crippen molar-refractivity contribution >= 4 is 25.8 Å². The number of ether oxygens (including phenoxy) is 4. The van der Waals surface area contributed by atoms with E-state index < -0.39 is 55.5 Å². The van der Waals surface area contributed by atoms with Crippen LogP contribution in [0.3, 0.4) is 0 Å². The first kappa shape index (κ1) is 35.9. The molecule has 1 aliphatic heterocycles. The number of benzene rings is 3. The van der Waals surface area contributed by atoms with E-state index in [1.54, 1.807) is 52.0 Å². The van der Waals surface area contributed by atoms with Crippen LogP contribution in [-0.4, -0.2) is 69.4 Å². The van der Waals surface area contributed by atoms with Gasteiger partial charge in [-0.1, -0.05) is 60.7 Å². The molecule has 1 fully saturated rings. The second-order valence-corrected chi connectivity index (χ2v) is 15.1. The maximum absolute atomic E-state index is 13.8. The molecule has 12 nitrogen and oxygen atoms in total. The Morgan fingerprint density at radius 2 is 1.45 bits per heavy atom. The molecule has 0 bridgehead atoms. The van der Waals surface area contributed by atoms with Gasteiger partial charge < -0.3 is 34.1 Å². The molecule has 0 aromatic heterocycles. The van der Waals surface area contributed by atoms with Crippen LogP contribution in [-0.2, 0) is 39.4 Å². The third-order valence-corrected chi connectivity index (χ3v) is 9.49. The van der Waals surface area contributed by atoms with Gasteiger partial charge >= 0.3 is 25.8 Å². The standard InChI is InChI=1S/C36H43N2O10P/c1-22-31(38-35(41)45-20-29-27-13-9-7-11-25(27)26-12-8-10-14-28(26)29)32(30(46-22)21-43-33(39)36(2,3)4)48-49(6,42)47-24-17-15-23(16-18-24)19-44-34(40)37-5/h7-18,22,29-32H,19-21H2,1-6H3,(H,37,40)(H,38,41)/t22-,30+,31?,32?,49?/m0/s1. The molecule has 1 saturated heterocycles. The average Bonchev–Trinajstić information content (AvgIpc) is 3.54. The number of fused-ring (bicyclic) bond motifs is 3. The van der Waals surface area contributed by atoms with Crippen molar-refractivity contribution in [3.63, 3.8) is 0 Å². The highest BCUT2D eigenvalue weighted by atomic mass is 31.2. The Morgan fingerprint density at radius 3 is 2.04 bits per heavy atom. The summed E-state index contributed by atoms with van der Waals surface area (Å²) in [6.45, 7) is 8.16. The molecule has 5 rings (SSSR count). The van der Waals surface area contributed by atoms with Crippen molar-refractivity contribution < 1.29 is 46.9 Å². The summed E-state index contributed by atoms with van der Waals surface area (Å²) in [6, 6.07) is 21.7. The second-order valence-electron chi connectivity index (χ2n) is 13.1. The SMILES string of the molecule is CNC(=O)OCc1ccc(OP(C)(=O)OC2C(NC(=O)OCC3c4ccccc4-c4ccccc43)[C@H](C)O[C@@H]2COC(=O)C(C)(C)C)cc1. The van der Waals surface area contributed by atoms with Gasteiger partial charge in [0.2, 0.25) is 0 Å². The van der Waals surface area contributed by atoms with Gasteiger partial charge in [0.25, 0.3) is 0 Å². The number of alkyl carbamates (subject to hydrolysis) is 2. The Balaban J connectivity index is 1.28. The lowest BCUT2D eigenvalue weighted by molar-refractivity contribution is -0.158. The minimum absolute atomic E-state index is 0.0374. The summed E-state index contributed by atoms with van der Waals surface area (Å²) in [7, 11) is -2.39. The van der Waals surface area contributed by atoms with Gasteiger partial charge in [0.15, 0.2) is 0 Å². The number of rotatable bonds is 11. The molecule has 2 amide bonds. The Bertz CT molecular complexity index is 1660. The molecule has 2 N–H and O–H groups in total. The molecule has 3 unspecified atom stereocenters. The van der Waals surface area contributed by atoms with Gasteiger partial charge in [-0.3, -0.25) is 9.32 Å². The van der Waals surface area contributed by atoms with Crippen LogP contribution in [0.15, 0.2) is 72.8 Å². The average molecular weight is 695 g/mol. The third-order valence-electron chi connectivity index (χ3n) is 8.32. The highest BCUT2D eigenvalue weighted by molar-refractivity contribution is 7.53. The van der Waals surface area contributed by atoms with Crippen LogP contribution in [0.1, 0.15) is 50.3 Å². The summed E-state index contributed by atoms with van der Waals surface area (Å²) < 4.78 is 48.1. The Labute approximate surface area is 286 Å². The molecule has 3 aromatic carbocycles. The van der Waals surface area contributed by atoms with Crippen molar-refractivity contribution in [1.29, 1.82) is 0 Å². The van der Waals surface area contributed by atoms with E-state index in [0.717, 1.165) is 22.3 Å². The first-order chi connectivity index (χ1) is 23.3. The molecular formula is C36H43N2O10P. The number of carbonyl (C=O) groups is 3. The summed E-state index contributed by atoms with van der Waals surface area (Å²) in [6.07, 6.45) is -3.79. The molecule has 0 radical (unpaired) electrons. The first-order valence-corrected chi connectivity index (χ1v) is 18.1. The summed E-state index contributed by atoms with van der Waals surface area (Å²) in [5.41, 5.74) is 4.29. The quantitative estimate of drug-likeness (QED) is 0.131. The number of amides is 2. The maximum Gasteiger partial charge on any atom is 0.407 e. The highest BCUT2D eigenvalue weighted by Crippen LogP contribution is 2.48.